The van der Waals surface area contributed by atoms with Crippen molar-refractivity contribution < 1.29 is 0 Å². The van der Waals surface area contributed by atoms with Gasteiger partial charge >= 0.3 is 0 Å². The highest BCUT2D eigenvalue weighted by Gasteiger charge is 2.20. The van der Waals surface area contributed by atoms with Crippen LogP contribution in [-0.4, -0.2) is 91.4 Å². The van der Waals surface area contributed by atoms with Crippen molar-refractivity contribution in [1.29, 1.82) is 5.41 Å². The van der Waals surface area contributed by atoms with Crippen molar-refractivity contribution in [3.8, 4) is 0 Å². The van der Waals surface area contributed by atoms with Crippen molar-refractivity contribution in [2.45, 2.75) is 26.8 Å². The molecule has 0 unspecified atom stereocenters. The predicted molar refractivity (Wildman–Crippen MR) is 113 cm³/mol. The Morgan fingerprint density at radius 2 is 1.81 bits per heavy atom. The summed E-state index contributed by atoms with van der Waals surface area (Å²) in [5.74, 6) is 0.705. The van der Waals surface area contributed by atoms with Crippen molar-refractivity contribution in [1.82, 2.24) is 25.4 Å². The van der Waals surface area contributed by atoms with Crippen LogP contribution < -0.4 is 10.7 Å². The van der Waals surface area contributed by atoms with Gasteiger partial charge in [0.1, 0.15) is 5.84 Å². The highest BCUT2D eigenvalue weighted by Crippen LogP contribution is 2.07. The summed E-state index contributed by atoms with van der Waals surface area (Å²) < 4.78 is 0. The average Bonchev–Trinajstić information content (AvgIpc) is 2.69. The number of amidine groups is 1. The van der Waals surface area contributed by atoms with Crippen LogP contribution in [0.25, 0.3) is 0 Å². The number of aliphatic imine (C=N–C) groups is 1. The SMILES string of the molecule is CC(=C\N/N=C\C=C\N1CCNCC1)/N=C(\C=N)N1CCN(C(C)C)CC1. The molecule has 8 nitrogen and oxygen atoms in total. The van der Waals surface area contributed by atoms with Gasteiger partial charge in [-0.25, -0.2) is 4.99 Å². The Balaban J connectivity index is 1.78. The fraction of sp³-hybridized carbons (Fsp3) is 0.632. The van der Waals surface area contributed by atoms with Crippen LogP contribution in [0, 0.1) is 5.41 Å². The molecule has 2 aliphatic heterocycles. The first-order valence-corrected chi connectivity index (χ1v) is 9.75. The first kappa shape index (κ1) is 21.1. The van der Waals surface area contributed by atoms with Gasteiger partial charge in [0.25, 0.3) is 0 Å². The van der Waals surface area contributed by atoms with E-state index in [4.69, 9.17) is 5.41 Å². The summed E-state index contributed by atoms with van der Waals surface area (Å²) in [5, 5.41) is 15.2. The minimum absolute atomic E-state index is 0.567. The molecule has 2 fully saturated rings. The van der Waals surface area contributed by atoms with Crippen LogP contribution in [0.1, 0.15) is 20.8 Å². The number of nitrogens with zero attached hydrogens (tertiary/aromatic N) is 5. The van der Waals surface area contributed by atoms with Gasteiger partial charge in [0.05, 0.1) is 11.9 Å². The lowest BCUT2D eigenvalue weighted by atomic mass is 10.2. The maximum absolute atomic E-state index is 7.68. The number of hydrogen-bond donors (Lipinski definition) is 3. The van der Waals surface area contributed by atoms with Crippen molar-refractivity contribution >= 4 is 18.3 Å². The molecule has 0 aromatic rings. The molecule has 2 saturated heterocycles. The number of hydrogen-bond acceptors (Lipinski definition) is 7. The number of nitrogens with one attached hydrogen (secondary N) is 3. The van der Waals surface area contributed by atoms with Gasteiger partial charge < -0.3 is 20.5 Å². The van der Waals surface area contributed by atoms with E-state index in [1.54, 1.807) is 12.4 Å². The highest BCUT2D eigenvalue weighted by molar-refractivity contribution is 6.28. The average molecular weight is 375 g/mol. The lowest BCUT2D eigenvalue weighted by Gasteiger charge is -2.37. The molecule has 2 heterocycles. The second kappa shape index (κ2) is 11.5. The molecule has 3 N–H and O–H groups in total. The quantitative estimate of drug-likeness (QED) is 0.351. The molecule has 0 aliphatic carbocycles. The Kier molecular flexibility index (Phi) is 9.00. The molecular formula is C19H34N8. The van der Waals surface area contributed by atoms with Gasteiger partial charge in [-0.3, -0.25) is 10.3 Å². The van der Waals surface area contributed by atoms with Crippen molar-refractivity contribution in [2.24, 2.45) is 10.1 Å². The fourth-order valence-electron chi connectivity index (χ4n) is 3.08. The lowest BCUT2D eigenvalue weighted by molar-refractivity contribution is 0.150. The van der Waals surface area contributed by atoms with Crippen molar-refractivity contribution in [3.63, 3.8) is 0 Å². The minimum atomic E-state index is 0.567. The fourth-order valence-corrected chi connectivity index (χ4v) is 3.08. The molecule has 0 spiro atoms. The van der Waals surface area contributed by atoms with Gasteiger partial charge in [-0.2, -0.15) is 5.10 Å². The van der Waals surface area contributed by atoms with E-state index in [2.05, 4.69) is 55.6 Å². The summed E-state index contributed by atoms with van der Waals surface area (Å²) in [4.78, 5) is 11.4. The summed E-state index contributed by atoms with van der Waals surface area (Å²) in [5.41, 5.74) is 3.69. The van der Waals surface area contributed by atoms with E-state index in [1.807, 2.05) is 13.0 Å². The minimum Gasteiger partial charge on any atom is -0.375 e. The van der Waals surface area contributed by atoms with Crippen LogP contribution in [0.4, 0.5) is 0 Å². The second-order valence-electron chi connectivity index (χ2n) is 7.05. The molecule has 27 heavy (non-hydrogen) atoms. The summed E-state index contributed by atoms with van der Waals surface area (Å²) in [6.45, 7) is 14.3. The zero-order chi connectivity index (χ0) is 19.5. The molecule has 0 aromatic carbocycles. The first-order valence-electron chi connectivity index (χ1n) is 9.75. The normalized spacial score (nSPS) is 20.9. The molecule has 2 rings (SSSR count). The van der Waals surface area contributed by atoms with E-state index in [0.29, 0.717) is 11.9 Å². The number of allylic oxidation sites excluding steroid dienone is 2. The highest BCUT2D eigenvalue weighted by atomic mass is 15.3. The maximum Gasteiger partial charge on any atom is 0.146 e. The van der Waals surface area contributed by atoms with Gasteiger partial charge in [0.15, 0.2) is 0 Å². The topological polar surface area (TPSA) is 82.3 Å². The second-order valence-corrected chi connectivity index (χ2v) is 7.05. The lowest BCUT2D eigenvalue weighted by Crippen LogP contribution is -2.51. The Morgan fingerprint density at radius 3 is 2.44 bits per heavy atom. The molecular weight excluding hydrogens is 340 g/mol. The molecule has 0 saturated carbocycles. The van der Waals surface area contributed by atoms with E-state index in [0.717, 1.165) is 58.1 Å². The molecule has 0 bridgehead atoms. The molecule has 2 aliphatic rings. The number of rotatable bonds is 7. The summed E-state index contributed by atoms with van der Waals surface area (Å²) in [7, 11) is 0. The van der Waals surface area contributed by atoms with E-state index < -0.39 is 0 Å². The number of piperazine rings is 2. The zero-order valence-electron chi connectivity index (χ0n) is 16.9. The Bertz CT molecular complexity index is 564. The Morgan fingerprint density at radius 1 is 1.11 bits per heavy atom. The van der Waals surface area contributed by atoms with Gasteiger partial charge in [-0.05, 0) is 26.8 Å². The summed E-state index contributed by atoms with van der Waals surface area (Å²) in [6, 6.07) is 0.567. The van der Waals surface area contributed by atoms with Crippen LogP contribution in [-0.2, 0) is 0 Å². The first-order chi connectivity index (χ1) is 13.1. The summed E-state index contributed by atoms with van der Waals surface area (Å²) in [6.07, 6.45) is 8.82. The molecule has 0 atom stereocenters. The van der Waals surface area contributed by atoms with E-state index in [9.17, 15) is 0 Å². The van der Waals surface area contributed by atoms with Crippen LogP contribution >= 0.6 is 0 Å². The van der Waals surface area contributed by atoms with Crippen LogP contribution in [0.3, 0.4) is 0 Å². The standard InChI is InChI=1S/C19H34N8/c1-17(2)26-11-13-27(14-12-26)19(15-20)24-18(3)16-23-22-5-4-8-25-9-6-21-7-10-25/h4-5,8,15-17,20-21,23H,6-7,9-14H2,1-3H3/b8-4+,18-16+,20-15?,22-5-,24-19+. The van der Waals surface area contributed by atoms with Crippen molar-refractivity contribution in [3.05, 3.63) is 24.2 Å². The maximum atomic E-state index is 7.68. The van der Waals surface area contributed by atoms with Crippen LogP contribution in [0.5, 0.6) is 0 Å². The van der Waals surface area contributed by atoms with Crippen LogP contribution in [0.15, 0.2) is 34.3 Å². The number of hydrazone groups is 1. The van der Waals surface area contributed by atoms with Crippen LogP contribution in [0.2, 0.25) is 0 Å². The zero-order valence-corrected chi connectivity index (χ0v) is 16.9. The van der Waals surface area contributed by atoms with Crippen molar-refractivity contribution in [2.75, 3.05) is 52.4 Å². The molecule has 150 valence electrons. The van der Waals surface area contributed by atoms with E-state index in [-0.39, 0.29) is 0 Å². The van der Waals surface area contributed by atoms with E-state index >= 15 is 0 Å². The van der Waals surface area contributed by atoms with E-state index in [1.165, 1.54) is 6.21 Å². The Hall–Kier alpha value is -2.19. The predicted octanol–water partition coefficient (Wildman–Crippen LogP) is 0.916. The third-order valence-electron chi connectivity index (χ3n) is 4.75. The molecule has 8 heteroatoms. The smallest absolute Gasteiger partial charge is 0.146 e. The third kappa shape index (κ3) is 7.52. The largest absolute Gasteiger partial charge is 0.375 e. The molecule has 0 aromatic heterocycles. The summed E-state index contributed by atoms with van der Waals surface area (Å²) >= 11 is 0. The monoisotopic (exact) mass is 374 g/mol. The Labute approximate surface area is 163 Å². The third-order valence-corrected chi connectivity index (χ3v) is 4.75. The van der Waals surface area contributed by atoms with Gasteiger partial charge in [0.2, 0.25) is 0 Å². The van der Waals surface area contributed by atoms with Gasteiger partial charge in [-0.1, -0.05) is 0 Å². The molecule has 0 amide bonds. The van der Waals surface area contributed by atoms with Gasteiger partial charge in [-0.15, -0.1) is 0 Å². The molecule has 0 radical (unpaired) electrons. The van der Waals surface area contributed by atoms with Gasteiger partial charge in [0, 0.05) is 77.0 Å².